The largest absolute Gasteiger partial charge is 0.328 e. The van der Waals surface area contributed by atoms with E-state index in [0.717, 1.165) is 5.69 Å². The minimum Gasteiger partial charge on any atom is -0.328 e. The van der Waals surface area contributed by atoms with Crippen LogP contribution >= 0.6 is 11.6 Å². The molecule has 0 bridgehead atoms. The Bertz CT molecular complexity index is 642. The van der Waals surface area contributed by atoms with Crippen LogP contribution in [0.15, 0.2) is 36.5 Å². The molecule has 0 atom stereocenters. The molecule has 0 N–H and O–H groups in total. The van der Waals surface area contributed by atoms with Gasteiger partial charge in [0.25, 0.3) is 5.91 Å². The topological polar surface area (TPSA) is 33.2 Å². The standard InChI is InChI=1S/C14H10ClFN2O/c15-9-4-5-10(17-6-9)7-18-8-12-11(14(18)19)2-1-3-13(12)16/h1-6H,7-8H2. The van der Waals surface area contributed by atoms with E-state index < -0.39 is 0 Å². The Morgan fingerprint density at radius 2 is 2.16 bits per heavy atom. The van der Waals surface area contributed by atoms with Crippen LogP contribution < -0.4 is 0 Å². The fraction of sp³-hybridized carbons (Fsp3) is 0.143. The van der Waals surface area contributed by atoms with Crippen molar-refractivity contribution in [2.24, 2.45) is 0 Å². The summed E-state index contributed by atoms with van der Waals surface area (Å²) in [6.45, 7) is 0.634. The van der Waals surface area contributed by atoms with E-state index in [4.69, 9.17) is 11.6 Å². The van der Waals surface area contributed by atoms with Gasteiger partial charge in [-0.05, 0) is 24.3 Å². The van der Waals surface area contributed by atoms with Gasteiger partial charge in [0.1, 0.15) is 5.82 Å². The predicted octanol–water partition coefficient (Wildman–Crippen LogP) is 3.03. The van der Waals surface area contributed by atoms with Gasteiger partial charge in [0.05, 0.1) is 23.8 Å². The average Bonchev–Trinajstić information content (AvgIpc) is 2.72. The number of nitrogens with zero attached hydrogens (tertiary/aromatic N) is 2. The SMILES string of the molecule is O=C1c2cccc(F)c2CN1Cc1ccc(Cl)cn1. The summed E-state index contributed by atoms with van der Waals surface area (Å²) in [7, 11) is 0. The molecule has 0 aliphatic carbocycles. The van der Waals surface area contributed by atoms with Crippen molar-refractivity contribution in [3.63, 3.8) is 0 Å². The number of amides is 1. The molecule has 3 rings (SSSR count). The monoisotopic (exact) mass is 276 g/mol. The number of rotatable bonds is 2. The molecule has 5 heteroatoms. The van der Waals surface area contributed by atoms with Crippen LogP contribution in [0.3, 0.4) is 0 Å². The fourth-order valence-corrected chi connectivity index (χ4v) is 2.29. The first-order valence-corrected chi connectivity index (χ1v) is 6.20. The van der Waals surface area contributed by atoms with Crippen molar-refractivity contribution < 1.29 is 9.18 Å². The van der Waals surface area contributed by atoms with Gasteiger partial charge in [0.2, 0.25) is 0 Å². The van der Waals surface area contributed by atoms with Gasteiger partial charge in [-0.3, -0.25) is 9.78 Å². The molecule has 1 amide bonds. The van der Waals surface area contributed by atoms with Gasteiger partial charge in [0, 0.05) is 17.3 Å². The number of carbonyl (C=O) groups is 1. The molecule has 3 nitrogen and oxygen atoms in total. The van der Waals surface area contributed by atoms with Crippen LogP contribution in [0.4, 0.5) is 4.39 Å². The van der Waals surface area contributed by atoms with Gasteiger partial charge < -0.3 is 4.90 Å². The maximum atomic E-state index is 13.6. The Morgan fingerprint density at radius 1 is 1.32 bits per heavy atom. The summed E-state index contributed by atoms with van der Waals surface area (Å²) in [5, 5.41) is 0.547. The highest BCUT2D eigenvalue weighted by Gasteiger charge is 2.29. The second-order valence-corrected chi connectivity index (χ2v) is 4.83. The maximum absolute atomic E-state index is 13.6. The third-order valence-corrected chi connectivity index (χ3v) is 3.35. The molecule has 96 valence electrons. The van der Waals surface area contributed by atoms with Crippen LogP contribution in [0.5, 0.6) is 0 Å². The second-order valence-electron chi connectivity index (χ2n) is 4.39. The van der Waals surface area contributed by atoms with Gasteiger partial charge >= 0.3 is 0 Å². The van der Waals surface area contributed by atoms with Gasteiger partial charge in [-0.2, -0.15) is 0 Å². The van der Waals surface area contributed by atoms with Crippen LogP contribution in [-0.2, 0) is 13.1 Å². The summed E-state index contributed by atoms with van der Waals surface area (Å²) in [5.41, 5.74) is 1.63. The molecule has 1 aromatic heterocycles. The summed E-state index contributed by atoms with van der Waals surface area (Å²) in [4.78, 5) is 17.8. The molecule has 0 unspecified atom stereocenters. The van der Waals surface area contributed by atoms with Gasteiger partial charge in [-0.1, -0.05) is 17.7 Å². The molecular weight excluding hydrogens is 267 g/mol. The predicted molar refractivity (Wildman–Crippen MR) is 69.2 cm³/mol. The number of hydrogen-bond acceptors (Lipinski definition) is 2. The first-order valence-electron chi connectivity index (χ1n) is 5.82. The van der Waals surface area contributed by atoms with Gasteiger partial charge in [-0.15, -0.1) is 0 Å². The van der Waals surface area contributed by atoms with E-state index in [1.807, 2.05) is 0 Å². The van der Waals surface area contributed by atoms with Gasteiger partial charge in [0.15, 0.2) is 0 Å². The van der Waals surface area contributed by atoms with E-state index in [-0.39, 0.29) is 18.3 Å². The van der Waals surface area contributed by atoms with Gasteiger partial charge in [-0.25, -0.2) is 4.39 Å². The van der Waals surface area contributed by atoms with E-state index in [9.17, 15) is 9.18 Å². The Kier molecular flexibility index (Phi) is 2.95. The fourth-order valence-electron chi connectivity index (χ4n) is 2.18. The van der Waals surface area contributed by atoms with E-state index in [2.05, 4.69) is 4.98 Å². The Labute approximate surface area is 114 Å². The van der Waals surface area contributed by atoms with Crippen molar-refractivity contribution in [3.05, 3.63) is 64.2 Å². The van der Waals surface area contributed by atoms with Crippen LogP contribution in [-0.4, -0.2) is 15.8 Å². The van der Waals surface area contributed by atoms with Crippen molar-refractivity contribution in [1.29, 1.82) is 0 Å². The lowest BCUT2D eigenvalue weighted by Gasteiger charge is -2.14. The lowest BCUT2D eigenvalue weighted by molar-refractivity contribution is 0.0764. The zero-order valence-electron chi connectivity index (χ0n) is 9.94. The Morgan fingerprint density at radius 3 is 2.84 bits per heavy atom. The Balaban J connectivity index is 1.84. The lowest BCUT2D eigenvalue weighted by atomic mass is 10.1. The van der Waals surface area contributed by atoms with Crippen molar-refractivity contribution in [2.75, 3.05) is 0 Å². The third-order valence-electron chi connectivity index (χ3n) is 3.13. The van der Waals surface area contributed by atoms with Crippen molar-refractivity contribution >= 4 is 17.5 Å². The normalized spacial score (nSPS) is 13.8. The first kappa shape index (κ1) is 12.1. The summed E-state index contributed by atoms with van der Waals surface area (Å²) in [5.74, 6) is -0.497. The number of hydrogen-bond donors (Lipinski definition) is 0. The molecule has 2 heterocycles. The number of fused-ring (bicyclic) bond motifs is 1. The molecular formula is C14H10ClFN2O. The zero-order valence-corrected chi connectivity index (χ0v) is 10.7. The lowest BCUT2D eigenvalue weighted by Crippen LogP contribution is -2.23. The van der Waals surface area contributed by atoms with Crippen LogP contribution in [0.2, 0.25) is 5.02 Å². The minimum atomic E-state index is -0.336. The molecule has 1 aliphatic rings. The van der Waals surface area contributed by atoms with E-state index in [1.54, 1.807) is 29.2 Å². The molecule has 0 radical (unpaired) electrons. The average molecular weight is 277 g/mol. The smallest absolute Gasteiger partial charge is 0.254 e. The molecule has 0 fully saturated rings. The highest BCUT2D eigenvalue weighted by molar-refractivity contribution is 6.30. The van der Waals surface area contributed by atoms with Crippen molar-refractivity contribution in [2.45, 2.75) is 13.1 Å². The van der Waals surface area contributed by atoms with Crippen molar-refractivity contribution in [1.82, 2.24) is 9.88 Å². The number of carbonyl (C=O) groups excluding carboxylic acids is 1. The second kappa shape index (κ2) is 4.63. The quantitative estimate of drug-likeness (QED) is 0.845. The molecule has 2 aromatic rings. The Hall–Kier alpha value is -1.94. The first-order chi connectivity index (χ1) is 9.15. The molecule has 19 heavy (non-hydrogen) atoms. The minimum absolute atomic E-state index is 0.161. The highest BCUT2D eigenvalue weighted by Crippen LogP contribution is 2.26. The molecule has 1 aliphatic heterocycles. The summed E-state index contributed by atoms with van der Waals surface area (Å²) in [6.07, 6.45) is 1.53. The summed E-state index contributed by atoms with van der Waals surface area (Å²) >= 11 is 5.76. The number of halogens is 2. The van der Waals surface area contributed by atoms with Crippen molar-refractivity contribution in [3.8, 4) is 0 Å². The van der Waals surface area contributed by atoms with Crippen LogP contribution in [0, 0.1) is 5.82 Å². The van der Waals surface area contributed by atoms with Crippen LogP contribution in [0.1, 0.15) is 21.6 Å². The number of benzene rings is 1. The molecule has 0 saturated carbocycles. The van der Waals surface area contributed by atoms with Crippen LogP contribution in [0.25, 0.3) is 0 Å². The van der Waals surface area contributed by atoms with E-state index in [1.165, 1.54) is 12.3 Å². The van der Waals surface area contributed by atoms with E-state index in [0.29, 0.717) is 22.7 Å². The molecule has 0 spiro atoms. The number of aromatic nitrogens is 1. The zero-order chi connectivity index (χ0) is 13.4. The number of pyridine rings is 1. The summed E-state index contributed by atoms with van der Waals surface area (Å²) in [6, 6.07) is 8.05. The third kappa shape index (κ3) is 2.19. The highest BCUT2D eigenvalue weighted by atomic mass is 35.5. The molecule has 0 saturated heterocycles. The van der Waals surface area contributed by atoms with E-state index >= 15 is 0 Å². The summed E-state index contributed by atoms with van der Waals surface area (Å²) < 4.78 is 13.6. The molecule has 1 aromatic carbocycles. The maximum Gasteiger partial charge on any atom is 0.254 e.